The lowest BCUT2D eigenvalue weighted by atomic mass is 10.1. The smallest absolute Gasteiger partial charge is 0.290 e. The van der Waals surface area contributed by atoms with Gasteiger partial charge in [0.2, 0.25) is 0 Å². The summed E-state index contributed by atoms with van der Waals surface area (Å²) in [6, 6.07) is 13.1. The van der Waals surface area contributed by atoms with E-state index in [0.717, 1.165) is 51.2 Å². The maximum atomic E-state index is 12.0. The summed E-state index contributed by atoms with van der Waals surface area (Å²) in [5.41, 5.74) is 3.29. The minimum absolute atomic E-state index is 0.325. The normalized spacial score (nSPS) is 18.5. The number of imide groups is 2. The van der Waals surface area contributed by atoms with E-state index in [4.69, 9.17) is 4.74 Å². The zero-order valence-electron chi connectivity index (χ0n) is 17.1. The Hall–Kier alpha value is -3.76. The molecule has 1 aromatic heterocycles. The van der Waals surface area contributed by atoms with Crippen molar-refractivity contribution in [3.63, 3.8) is 0 Å². The molecular formula is C23H15N3O5S2. The number of methoxy groups -OCH3 is 1. The van der Waals surface area contributed by atoms with E-state index in [9.17, 15) is 19.2 Å². The number of benzene rings is 2. The quantitative estimate of drug-likeness (QED) is 0.540. The van der Waals surface area contributed by atoms with Crippen LogP contribution in [-0.4, -0.2) is 34.0 Å². The summed E-state index contributed by atoms with van der Waals surface area (Å²) in [6.07, 6.45) is 5.24. The van der Waals surface area contributed by atoms with Crippen molar-refractivity contribution in [1.82, 2.24) is 15.2 Å². The third-order valence-corrected chi connectivity index (χ3v) is 6.70. The Kier molecular flexibility index (Phi) is 5.31. The average molecular weight is 478 g/mol. The highest BCUT2D eigenvalue weighted by atomic mass is 32.2. The van der Waals surface area contributed by atoms with Crippen molar-refractivity contribution in [1.29, 1.82) is 0 Å². The summed E-state index contributed by atoms with van der Waals surface area (Å²) in [7, 11) is 1.58. The molecule has 2 fully saturated rings. The van der Waals surface area contributed by atoms with E-state index in [1.807, 2.05) is 53.2 Å². The zero-order valence-corrected chi connectivity index (χ0v) is 18.7. The van der Waals surface area contributed by atoms with Gasteiger partial charge in [0.05, 0.1) is 22.4 Å². The van der Waals surface area contributed by atoms with Gasteiger partial charge in [0.15, 0.2) is 0 Å². The van der Waals surface area contributed by atoms with Crippen LogP contribution in [0.1, 0.15) is 11.1 Å². The monoisotopic (exact) mass is 477 g/mol. The number of hydrogen-bond donors (Lipinski definition) is 2. The molecule has 0 bridgehead atoms. The Bertz CT molecular complexity index is 1420. The predicted molar refractivity (Wildman–Crippen MR) is 128 cm³/mol. The fourth-order valence-electron chi connectivity index (χ4n) is 3.56. The van der Waals surface area contributed by atoms with E-state index in [-0.39, 0.29) is 5.24 Å². The Morgan fingerprint density at radius 1 is 0.848 bits per heavy atom. The average Bonchev–Trinajstić information content (AvgIpc) is 3.42. The number of ether oxygens (including phenoxy) is 1. The van der Waals surface area contributed by atoms with E-state index in [0.29, 0.717) is 15.6 Å². The second-order valence-electron chi connectivity index (χ2n) is 7.13. The summed E-state index contributed by atoms with van der Waals surface area (Å²) < 4.78 is 7.33. The van der Waals surface area contributed by atoms with Crippen molar-refractivity contribution in [3.05, 3.63) is 69.6 Å². The molecule has 2 aliphatic rings. The Balaban J connectivity index is 1.56. The highest BCUT2D eigenvalue weighted by molar-refractivity contribution is 8.18. The number of hydrogen-bond acceptors (Lipinski definition) is 7. The van der Waals surface area contributed by atoms with Gasteiger partial charge < -0.3 is 9.30 Å². The molecule has 4 amide bonds. The number of amides is 4. The molecule has 0 unspecified atom stereocenters. The fourth-order valence-corrected chi connectivity index (χ4v) is 4.91. The molecule has 2 aromatic carbocycles. The lowest BCUT2D eigenvalue weighted by Crippen LogP contribution is -2.17. The first-order valence-electron chi connectivity index (χ1n) is 9.70. The Morgan fingerprint density at radius 3 is 2.06 bits per heavy atom. The molecule has 33 heavy (non-hydrogen) atoms. The van der Waals surface area contributed by atoms with Gasteiger partial charge in [0, 0.05) is 22.8 Å². The van der Waals surface area contributed by atoms with Crippen LogP contribution in [0.2, 0.25) is 0 Å². The number of thioether (sulfide) groups is 2. The number of carbonyl (C=O) groups is 4. The number of carbonyl (C=O) groups excluding carboxylic acids is 4. The Morgan fingerprint density at radius 2 is 1.48 bits per heavy atom. The number of nitrogens with one attached hydrogen (secondary N) is 2. The fraction of sp³-hybridized carbons (Fsp3) is 0.0435. The summed E-state index contributed by atoms with van der Waals surface area (Å²) >= 11 is 1.74. The van der Waals surface area contributed by atoms with Crippen molar-refractivity contribution in [2.75, 3.05) is 7.11 Å². The minimum Gasteiger partial charge on any atom is -0.497 e. The van der Waals surface area contributed by atoms with E-state index in [2.05, 4.69) is 10.6 Å². The third-order valence-electron chi connectivity index (χ3n) is 5.08. The van der Waals surface area contributed by atoms with Crippen LogP contribution in [-0.2, 0) is 9.59 Å². The van der Waals surface area contributed by atoms with Crippen LogP contribution in [0.4, 0.5) is 9.59 Å². The number of nitrogens with zero attached hydrogens (tertiary/aromatic N) is 1. The maximum absolute atomic E-state index is 12.0. The maximum Gasteiger partial charge on any atom is 0.290 e. The molecule has 2 saturated heterocycles. The molecule has 3 heterocycles. The predicted octanol–water partition coefficient (Wildman–Crippen LogP) is 4.29. The zero-order chi connectivity index (χ0) is 23.1. The highest BCUT2D eigenvalue weighted by Gasteiger charge is 2.26. The van der Waals surface area contributed by atoms with Crippen LogP contribution in [0.3, 0.4) is 0 Å². The van der Waals surface area contributed by atoms with Crippen LogP contribution in [0.15, 0.2) is 58.5 Å². The SMILES string of the molecule is COc1ccc2c(c1)c(/C=C1\SC(=O)NC1=O)cn2-c1ccc(/C=C2/SC(=O)NC2=O)cc1. The van der Waals surface area contributed by atoms with Gasteiger partial charge in [-0.1, -0.05) is 12.1 Å². The first-order valence-corrected chi connectivity index (χ1v) is 11.3. The summed E-state index contributed by atoms with van der Waals surface area (Å²) in [6.45, 7) is 0. The summed E-state index contributed by atoms with van der Waals surface area (Å²) in [5.74, 6) is -0.147. The molecule has 5 rings (SSSR count). The first-order chi connectivity index (χ1) is 15.9. The second kappa shape index (κ2) is 8.30. The van der Waals surface area contributed by atoms with E-state index >= 15 is 0 Å². The van der Waals surface area contributed by atoms with Gasteiger partial charge in [-0.2, -0.15) is 0 Å². The number of rotatable bonds is 4. The van der Waals surface area contributed by atoms with E-state index in [1.54, 1.807) is 19.3 Å². The summed E-state index contributed by atoms with van der Waals surface area (Å²) in [5, 5.41) is 4.59. The largest absolute Gasteiger partial charge is 0.497 e. The van der Waals surface area contributed by atoms with Gasteiger partial charge in [-0.3, -0.25) is 29.8 Å². The molecular weight excluding hydrogens is 462 g/mol. The topological polar surface area (TPSA) is 106 Å². The standard InChI is InChI=1S/C23H15N3O5S2/c1-31-15-6-7-17-16(10-15)13(9-19-21(28)25-23(30)33-19)11-26(17)14-4-2-12(3-5-14)8-18-20(27)24-22(29)32-18/h2-11H,1H3,(H,24,27,29)(H,25,28,30)/b18-8+,19-9-. The van der Waals surface area contributed by atoms with Crippen molar-refractivity contribution in [2.24, 2.45) is 0 Å². The molecule has 0 atom stereocenters. The number of aromatic nitrogens is 1. The van der Waals surface area contributed by atoms with Crippen molar-refractivity contribution in [3.8, 4) is 11.4 Å². The van der Waals surface area contributed by atoms with Crippen LogP contribution in [0.5, 0.6) is 5.75 Å². The van der Waals surface area contributed by atoms with Crippen molar-refractivity contribution < 1.29 is 23.9 Å². The van der Waals surface area contributed by atoms with Gasteiger partial charge in [-0.05, 0) is 71.6 Å². The van der Waals surface area contributed by atoms with Crippen molar-refractivity contribution in [2.45, 2.75) is 0 Å². The van der Waals surface area contributed by atoms with Gasteiger partial charge in [0.1, 0.15) is 5.75 Å². The van der Waals surface area contributed by atoms with Crippen LogP contribution < -0.4 is 15.4 Å². The summed E-state index contributed by atoms with van der Waals surface area (Å²) in [4.78, 5) is 47.4. The minimum atomic E-state index is -0.418. The Labute approximate surface area is 196 Å². The molecule has 10 heteroatoms. The van der Waals surface area contributed by atoms with Crippen molar-refractivity contribution >= 4 is 68.9 Å². The molecule has 0 spiro atoms. The molecule has 0 saturated carbocycles. The molecule has 0 aliphatic carbocycles. The van der Waals surface area contributed by atoms with E-state index in [1.165, 1.54) is 0 Å². The van der Waals surface area contributed by atoms with Gasteiger partial charge in [0.25, 0.3) is 22.3 Å². The molecule has 2 N–H and O–H groups in total. The molecule has 8 nitrogen and oxygen atoms in total. The lowest BCUT2D eigenvalue weighted by molar-refractivity contribution is -0.116. The third kappa shape index (κ3) is 4.06. The molecule has 3 aromatic rings. The number of fused-ring (bicyclic) bond motifs is 1. The lowest BCUT2D eigenvalue weighted by Gasteiger charge is -2.07. The molecule has 2 aliphatic heterocycles. The molecule has 164 valence electrons. The van der Waals surface area contributed by atoms with E-state index < -0.39 is 17.1 Å². The first kappa shape index (κ1) is 21.1. The van der Waals surface area contributed by atoms with Crippen LogP contribution in [0, 0.1) is 0 Å². The van der Waals surface area contributed by atoms with Crippen LogP contribution >= 0.6 is 23.5 Å². The molecule has 0 radical (unpaired) electrons. The van der Waals surface area contributed by atoms with Crippen LogP contribution in [0.25, 0.3) is 28.7 Å². The van der Waals surface area contributed by atoms with Gasteiger partial charge in [-0.25, -0.2) is 0 Å². The van der Waals surface area contributed by atoms with Gasteiger partial charge in [-0.15, -0.1) is 0 Å². The van der Waals surface area contributed by atoms with Gasteiger partial charge >= 0.3 is 0 Å². The second-order valence-corrected chi connectivity index (χ2v) is 9.16. The highest BCUT2D eigenvalue weighted by Crippen LogP contribution is 2.33.